The Hall–Kier alpha value is -3.84. The summed E-state index contributed by atoms with van der Waals surface area (Å²) in [7, 11) is 0. The standard InChI is InChI=1S/C30H28N4O2S/c1-20-10-12-21(13-11-20)18-36-24-16-14-23(15-17-24)28-27-25(8-5-9-26(27)35)31-29-32-30(33-34(28)29)37-19-22-6-3-2-4-7-22/h2-4,6-7,10-17,28H,5,8-9,18-19H2,1H3,(H,31,32,33). The number of carbonyl (C=O) groups excluding carboxylic acids is 1. The van der Waals surface area contributed by atoms with Gasteiger partial charge in [-0.15, -0.1) is 5.10 Å². The van der Waals surface area contributed by atoms with Gasteiger partial charge in [0.15, 0.2) is 5.78 Å². The van der Waals surface area contributed by atoms with Gasteiger partial charge < -0.3 is 10.1 Å². The quantitative estimate of drug-likeness (QED) is 0.288. The average Bonchev–Trinajstić information content (AvgIpc) is 3.34. The lowest BCUT2D eigenvalue weighted by atomic mass is 9.85. The third-order valence-corrected chi connectivity index (χ3v) is 7.69. The first-order valence-electron chi connectivity index (χ1n) is 12.6. The zero-order chi connectivity index (χ0) is 25.2. The molecule has 1 unspecified atom stereocenters. The number of ether oxygens (including phenoxy) is 1. The molecule has 1 atom stereocenters. The minimum absolute atomic E-state index is 0.179. The number of aryl methyl sites for hydroxylation is 1. The number of hydrogen-bond donors (Lipinski definition) is 1. The Morgan fingerprint density at radius 3 is 2.54 bits per heavy atom. The number of nitrogens with zero attached hydrogens (tertiary/aromatic N) is 3. The molecule has 186 valence electrons. The highest BCUT2D eigenvalue weighted by Gasteiger charge is 2.36. The Morgan fingerprint density at radius 1 is 0.973 bits per heavy atom. The maximum atomic E-state index is 13.1. The molecule has 0 amide bonds. The van der Waals surface area contributed by atoms with Crippen LogP contribution in [0.4, 0.5) is 5.95 Å². The number of Topliss-reactive ketones (excluding diaryl/α,β-unsaturated/α-hetero) is 1. The van der Waals surface area contributed by atoms with E-state index in [-0.39, 0.29) is 11.8 Å². The Balaban J connectivity index is 1.26. The minimum Gasteiger partial charge on any atom is -0.489 e. The molecule has 0 bridgehead atoms. The summed E-state index contributed by atoms with van der Waals surface area (Å²) in [6, 6.07) is 26.4. The summed E-state index contributed by atoms with van der Waals surface area (Å²) in [6.07, 6.45) is 2.26. The van der Waals surface area contributed by atoms with Crippen molar-refractivity contribution >= 4 is 23.5 Å². The van der Waals surface area contributed by atoms with Crippen LogP contribution in [0.5, 0.6) is 5.75 Å². The highest BCUT2D eigenvalue weighted by atomic mass is 32.2. The SMILES string of the molecule is Cc1ccc(COc2ccc(C3C4=C(CCCC4=O)Nc4nc(SCc5ccccc5)nn43)cc2)cc1. The van der Waals surface area contributed by atoms with Crippen LogP contribution in [0.2, 0.25) is 0 Å². The molecule has 3 aromatic carbocycles. The Kier molecular flexibility index (Phi) is 6.53. The first-order valence-corrected chi connectivity index (χ1v) is 13.6. The van der Waals surface area contributed by atoms with Gasteiger partial charge in [0, 0.05) is 23.4 Å². The number of thioether (sulfide) groups is 1. The highest BCUT2D eigenvalue weighted by molar-refractivity contribution is 7.98. The number of carbonyl (C=O) groups is 1. The monoisotopic (exact) mass is 508 g/mol. The summed E-state index contributed by atoms with van der Waals surface area (Å²) < 4.78 is 7.89. The number of ketones is 1. The number of nitrogens with one attached hydrogen (secondary N) is 1. The molecule has 4 aromatic rings. The molecule has 1 aliphatic heterocycles. The molecule has 0 fully saturated rings. The molecule has 6 nitrogen and oxygen atoms in total. The lowest BCUT2D eigenvalue weighted by Gasteiger charge is -2.32. The fraction of sp³-hybridized carbons (Fsp3) is 0.233. The van der Waals surface area contributed by atoms with Gasteiger partial charge in [0.05, 0.1) is 0 Å². The van der Waals surface area contributed by atoms with Crippen LogP contribution in [0.1, 0.15) is 47.6 Å². The molecule has 1 N–H and O–H groups in total. The number of aromatic nitrogens is 3. The van der Waals surface area contributed by atoms with Crippen LogP contribution in [0.25, 0.3) is 0 Å². The smallest absolute Gasteiger partial charge is 0.227 e. The van der Waals surface area contributed by atoms with Crippen molar-refractivity contribution in [2.24, 2.45) is 0 Å². The van der Waals surface area contributed by atoms with E-state index in [1.807, 2.05) is 47.1 Å². The predicted molar refractivity (Wildman–Crippen MR) is 146 cm³/mol. The number of allylic oxidation sites excluding steroid dienone is 2. The van der Waals surface area contributed by atoms with Crippen LogP contribution >= 0.6 is 11.8 Å². The number of anilines is 1. The van der Waals surface area contributed by atoms with Gasteiger partial charge in [-0.1, -0.05) is 84.1 Å². The number of hydrogen-bond acceptors (Lipinski definition) is 6. The van der Waals surface area contributed by atoms with Crippen LogP contribution in [-0.2, 0) is 17.2 Å². The van der Waals surface area contributed by atoms with Gasteiger partial charge in [-0.2, -0.15) is 4.98 Å². The van der Waals surface area contributed by atoms with E-state index >= 15 is 0 Å². The Labute approximate surface area is 220 Å². The van der Waals surface area contributed by atoms with Crippen LogP contribution in [0.15, 0.2) is 95.3 Å². The van der Waals surface area contributed by atoms with E-state index < -0.39 is 0 Å². The van der Waals surface area contributed by atoms with Gasteiger partial charge in [-0.3, -0.25) is 4.79 Å². The summed E-state index contributed by atoms with van der Waals surface area (Å²) >= 11 is 1.60. The molecule has 0 spiro atoms. The van der Waals surface area contributed by atoms with E-state index in [0.29, 0.717) is 24.1 Å². The molecule has 6 rings (SSSR count). The van der Waals surface area contributed by atoms with E-state index in [1.54, 1.807) is 11.8 Å². The fourth-order valence-corrected chi connectivity index (χ4v) is 5.61. The first-order chi connectivity index (χ1) is 18.1. The van der Waals surface area contributed by atoms with Gasteiger partial charge in [0.2, 0.25) is 11.1 Å². The van der Waals surface area contributed by atoms with Gasteiger partial charge in [0.25, 0.3) is 0 Å². The van der Waals surface area contributed by atoms with Crippen molar-refractivity contribution in [3.8, 4) is 5.75 Å². The third kappa shape index (κ3) is 5.04. The number of fused-ring (bicyclic) bond motifs is 1. The van der Waals surface area contributed by atoms with Gasteiger partial charge >= 0.3 is 0 Å². The van der Waals surface area contributed by atoms with E-state index in [1.165, 1.54) is 11.1 Å². The van der Waals surface area contributed by atoms with Crippen molar-refractivity contribution in [3.05, 3.63) is 112 Å². The number of benzene rings is 3. The molecule has 7 heteroatoms. The van der Waals surface area contributed by atoms with Crippen molar-refractivity contribution in [2.45, 2.75) is 49.7 Å². The topological polar surface area (TPSA) is 69.0 Å². The van der Waals surface area contributed by atoms with E-state index in [4.69, 9.17) is 14.8 Å². The van der Waals surface area contributed by atoms with Crippen LogP contribution in [0.3, 0.4) is 0 Å². The number of rotatable bonds is 7. The van der Waals surface area contributed by atoms with Crippen molar-refractivity contribution in [1.29, 1.82) is 0 Å². The van der Waals surface area contributed by atoms with Gasteiger partial charge in [-0.05, 0) is 48.6 Å². The molecule has 0 radical (unpaired) electrons. The Bertz CT molecular complexity index is 1440. The molecule has 1 aromatic heterocycles. The second-order valence-corrected chi connectivity index (χ2v) is 10.4. The highest BCUT2D eigenvalue weighted by Crippen LogP contribution is 2.41. The summed E-state index contributed by atoms with van der Waals surface area (Å²) in [4.78, 5) is 17.9. The zero-order valence-electron chi connectivity index (χ0n) is 20.7. The van der Waals surface area contributed by atoms with Crippen LogP contribution < -0.4 is 10.1 Å². The van der Waals surface area contributed by atoms with Gasteiger partial charge in [0.1, 0.15) is 18.4 Å². The van der Waals surface area contributed by atoms with Crippen LogP contribution in [0, 0.1) is 6.92 Å². The van der Waals surface area contributed by atoms with E-state index in [2.05, 4.69) is 48.6 Å². The summed E-state index contributed by atoms with van der Waals surface area (Å²) in [5.41, 5.74) is 6.35. The molecule has 1 aliphatic carbocycles. The fourth-order valence-electron chi connectivity index (χ4n) is 4.83. The normalized spacial score (nSPS) is 16.7. The lowest BCUT2D eigenvalue weighted by Crippen LogP contribution is -2.31. The van der Waals surface area contributed by atoms with Crippen LogP contribution in [-0.4, -0.2) is 20.5 Å². The van der Waals surface area contributed by atoms with Crippen molar-refractivity contribution in [2.75, 3.05) is 5.32 Å². The maximum Gasteiger partial charge on any atom is 0.227 e. The maximum absolute atomic E-state index is 13.1. The third-order valence-electron chi connectivity index (χ3n) is 6.78. The predicted octanol–water partition coefficient (Wildman–Crippen LogP) is 6.48. The first kappa shape index (κ1) is 23.6. The molecule has 0 saturated heterocycles. The molecule has 0 saturated carbocycles. The van der Waals surface area contributed by atoms with Crippen molar-refractivity contribution in [1.82, 2.24) is 14.8 Å². The second-order valence-electron chi connectivity index (χ2n) is 9.48. The molecular weight excluding hydrogens is 480 g/mol. The molecule has 2 aliphatic rings. The Morgan fingerprint density at radius 2 is 1.76 bits per heavy atom. The molecule has 2 heterocycles. The minimum atomic E-state index is -0.302. The second kappa shape index (κ2) is 10.3. The van der Waals surface area contributed by atoms with E-state index in [0.717, 1.165) is 46.7 Å². The molecule has 37 heavy (non-hydrogen) atoms. The summed E-state index contributed by atoms with van der Waals surface area (Å²) in [5.74, 6) is 2.45. The largest absolute Gasteiger partial charge is 0.489 e. The zero-order valence-corrected chi connectivity index (χ0v) is 21.5. The average molecular weight is 509 g/mol. The summed E-state index contributed by atoms with van der Waals surface area (Å²) in [6.45, 7) is 2.59. The van der Waals surface area contributed by atoms with Gasteiger partial charge in [-0.25, -0.2) is 4.68 Å². The van der Waals surface area contributed by atoms with Crippen molar-refractivity contribution < 1.29 is 9.53 Å². The van der Waals surface area contributed by atoms with Crippen molar-refractivity contribution in [3.63, 3.8) is 0 Å². The summed E-state index contributed by atoms with van der Waals surface area (Å²) in [5, 5.41) is 8.95. The lowest BCUT2D eigenvalue weighted by molar-refractivity contribution is -0.116. The van der Waals surface area contributed by atoms with E-state index in [9.17, 15) is 4.79 Å². The molecular formula is C30H28N4O2S.